The van der Waals surface area contributed by atoms with Crippen molar-refractivity contribution in [1.29, 1.82) is 0 Å². The van der Waals surface area contributed by atoms with Gasteiger partial charge in [-0.15, -0.1) is 0 Å². The summed E-state index contributed by atoms with van der Waals surface area (Å²) in [5.41, 5.74) is 2.06. The Morgan fingerprint density at radius 1 is 1.20 bits per heavy atom. The van der Waals surface area contributed by atoms with Gasteiger partial charge in [-0.1, -0.05) is 24.3 Å². The number of halogens is 1. The van der Waals surface area contributed by atoms with E-state index in [0.717, 1.165) is 11.3 Å². The van der Waals surface area contributed by atoms with Crippen LogP contribution < -0.4 is 10.1 Å². The fourth-order valence-electron chi connectivity index (χ4n) is 2.62. The van der Waals surface area contributed by atoms with E-state index in [2.05, 4.69) is 10.2 Å². The summed E-state index contributed by atoms with van der Waals surface area (Å²) in [4.78, 5) is 14.3. The first-order valence-corrected chi connectivity index (χ1v) is 8.23. The van der Waals surface area contributed by atoms with Crippen molar-refractivity contribution in [3.63, 3.8) is 0 Å². The predicted molar refractivity (Wildman–Crippen MR) is 97.8 cm³/mol. The number of aryl methyl sites for hydroxylation is 1. The number of rotatable bonds is 8. The first-order chi connectivity index (χ1) is 11.9. The van der Waals surface area contributed by atoms with E-state index in [4.69, 9.17) is 4.74 Å². The lowest BCUT2D eigenvalue weighted by molar-refractivity contribution is 0.0988. The van der Waals surface area contributed by atoms with Crippen molar-refractivity contribution in [2.45, 2.75) is 13.0 Å². The molecular formula is C20H25FN2O2. The van der Waals surface area contributed by atoms with Crippen LogP contribution in [0.1, 0.15) is 27.5 Å². The third kappa shape index (κ3) is 5.11. The van der Waals surface area contributed by atoms with Crippen molar-refractivity contribution in [2.24, 2.45) is 0 Å². The Morgan fingerprint density at radius 2 is 1.88 bits per heavy atom. The summed E-state index contributed by atoms with van der Waals surface area (Å²) in [6.45, 7) is 2.46. The molecule has 2 aromatic rings. The van der Waals surface area contributed by atoms with E-state index >= 15 is 0 Å². The van der Waals surface area contributed by atoms with Gasteiger partial charge in [0.15, 0.2) is 5.78 Å². The van der Waals surface area contributed by atoms with Crippen LogP contribution in [0.4, 0.5) is 4.39 Å². The number of ketones is 1. The van der Waals surface area contributed by atoms with E-state index in [-0.39, 0.29) is 24.2 Å². The Hall–Kier alpha value is -2.24. The predicted octanol–water partition coefficient (Wildman–Crippen LogP) is 3.22. The fraction of sp³-hybridized carbons (Fsp3) is 0.350. The number of Topliss-reactive ketones (excluding diaryl/α,β-unsaturated/α-hetero) is 1. The maximum absolute atomic E-state index is 13.6. The standard InChI is InChI=1S/C20H25FN2O2/c1-14-5-6-16(11-18(14)21)20(24)13-22-12-19(23(2)3)15-7-9-17(25-4)10-8-15/h5-11,19,22H,12-13H2,1-4H3. The van der Waals surface area contributed by atoms with Gasteiger partial charge in [0.05, 0.1) is 13.7 Å². The van der Waals surface area contributed by atoms with Crippen LogP contribution in [0, 0.1) is 12.7 Å². The molecule has 0 spiro atoms. The largest absolute Gasteiger partial charge is 0.497 e. The molecule has 1 N–H and O–H groups in total. The molecule has 1 unspecified atom stereocenters. The second kappa shape index (κ2) is 8.74. The zero-order valence-corrected chi connectivity index (χ0v) is 15.2. The zero-order chi connectivity index (χ0) is 18.4. The summed E-state index contributed by atoms with van der Waals surface area (Å²) in [7, 11) is 5.63. The van der Waals surface area contributed by atoms with Crippen molar-refractivity contribution in [3.8, 4) is 5.75 Å². The highest BCUT2D eigenvalue weighted by Gasteiger charge is 2.15. The molecule has 2 aromatic carbocycles. The topological polar surface area (TPSA) is 41.6 Å². The Balaban J connectivity index is 1.96. The molecule has 0 saturated carbocycles. The molecule has 134 valence electrons. The van der Waals surface area contributed by atoms with E-state index < -0.39 is 0 Å². The van der Waals surface area contributed by atoms with Crippen LogP contribution in [0.3, 0.4) is 0 Å². The molecule has 2 rings (SSSR count). The van der Waals surface area contributed by atoms with Gasteiger partial charge < -0.3 is 15.0 Å². The summed E-state index contributed by atoms with van der Waals surface area (Å²) >= 11 is 0. The summed E-state index contributed by atoms with van der Waals surface area (Å²) in [5.74, 6) is 0.340. The Labute approximate surface area is 148 Å². The van der Waals surface area contributed by atoms with Gasteiger partial charge in [0.25, 0.3) is 0 Å². The second-order valence-corrected chi connectivity index (χ2v) is 6.27. The van der Waals surface area contributed by atoms with Gasteiger partial charge in [0.1, 0.15) is 11.6 Å². The first kappa shape index (κ1) is 19.1. The second-order valence-electron chi connectivity index (χ2n) is 6.27. The SMILES string of the molecule is COc1ccc(C(CNCC(=O)c2ccc(C)c(F)c2)N(C)C)cc1. The Morgan fingerprint density at radius 3 is 2.44 bits per heavy atom. The quantitative estimate of drug-likeness (QED) is 0.747. The Kier molecular flexibility index (Phi) is 6.67. The number of benzene rings is 2. The molecule has 0 saturated heterocycles. The molecule has 25 heavy (non-hydrogen) atoms. The summed E-state index contributed by atoms with van der Waals surface area (Å²) < 4.78 is 18.8. The lowest BCUT2D eigenvalue weighted by Gasteiger charge is -2.25. The first-order valence-electron chi connectivity index (χ1n) is 8.23. The number of hydrogen-bond acceptors (Lipinski definition) is 4. The van der Waals surface area contributed by atoms with Crippen LogP contribution in [-0.4, -0.2) is 45.0 Å². The van der Waals surface area contributed by atoms with E-state index in [0.29, 0.717) is 17.7 Å². The van der Waals surface area contributed by atoms with Crippen LogP contribution in [0.15, 0.2) is 42.5 Å². The number of carbonyl (C=O) groups is 1. The minimum atomic E-state index is -0.352. The number of nitrogens with zero attached hydrogens (tertiary/aromatic N) is 1. The molecule has 5 heteroatoms. The van der Waals surface area contributed by atoms with E-state index in [1.54, 1.807) is 26.2 Å². The number of likely N-dealkylation sites (N-methyl/N-ethyl adjacent to an activating group) is 1. The number of ether oxygens (including phenoxy) is 1. The molecule has 4 nitrogen and oxygen atoms in total. The summed E-state index contributed by atoms with van der Waals surface area (Å²) in [6.07, 6.45) is 0. The molecule has 0 aliphatic rings. The lowest BCUT2D eigenvalue weighted by atomic mass is 10.1. The van der Waals surface area contributed by atoms with Crippen LogP contribution in [0.5, 0.6) is 5.75 Å². The highest BCUT2D eigenvalue weighted by atomic mass is 19.1. The van der Waals surface area contributed by atoms with Crippen LogP contribution >= 0.6 is 0 Å². The average Bonchev–Trinajstić information content (AvgIpc) is 2.60. The average molecular weight is 344 g/mol. The number of hydrogen-bond donors (Lipinski definition) is 1. The van der Waals surface area contributed by atoms with Gasteiger partial charge in [-0.05, 0) is 50.3 Å². The van der Waals surface area contributed by atoms with Crippen LogP contribution in [-0.2, 0) is 0 Å². The third-order valence-electron chi connectivity index (χ3n) is 4.24. The van der Waals surface area contributed by atoms with Gasteiger partial charge in [-0.2, -0.15) is 0 Å². The van der Waals surface area contributed by atoms with E-state index in [1.165, 1.54) is 6.07 Å². The van der Waals surface area contributed by atoms with Gasteiger partial charge >= 0.3 is 0 Å². The number of methoxy groups -OCH3 is 1. The van der Waals surface area contributed by atoms with Gasteiger partial charge in [0.2, 0.25) is 0 Å². The van der Waals surface area contributed by atoms with Crippen molar-refractivity contribution < 1.29 is 13.9 Å². The molecule has 0 bridgehead atoms. The molecular weight excluding hydrogens is 319 g/mol. The Bertz CT molecular complexity index is 714. The van der Waals surface area contributed by atoms with Gasteiger partial charge in [-0.3, -0.25) is 4.79 Å². The van der Waals surface area contributed by atoms with Crippen molar-refractivity contribution in [2.75, 3.05) is 34.3 Å². The van der Waals surface area contributed by atoms with Crippen molar-refractivity contribution in [3.05, 3.63) is 65.0 Å². The smallest absolute Gasteiger partial charge is 0.176 e. The molecule has 0 heterocycles. The van der Waals surface area contributed by atoms with E-state index in [9.17, 15) is 9.18 Å². The maximum atomic E-state index is 13.6. The lowest BCUT2D eigenvalue weighted by Crippen LogP contribution is -2.33. The summed E-state index contributed by atoms with van der Waals surface area (Å²) in [6, 6.07) is 12.6. The normalized spacial score (nSPS) is 12.2. The minimum absolute atomic E-state index is 0.119. The monoisotopic (exact) mass is 344 g/mol. The molecule has 0 aliphatic heterocycles. The van der Waals surface area contributed by atoms with Crippen LogP contribution in [0.25, 0.3) is 0 Å². The zero-order valence-electron chi connectivity index (χ0n) is 15.2. The summed E-state index contributed by atoms with van der Waals surface area (Å²) in [5, 5.41) is 3.18. The number of carbonyl (C=O) groups excluding carboxylic acids is 1. The molecule has 0 amide bonds. The molecule has 1 atom stereocenters. The van der Waals surface area contributed by atoms with Gasteiger partial charge in [0, 0.05) is 18.2 Å². The molecule has 0 aliphatic carbocycles. The van der Waals surface area contributed by atoms with E-state index in [1.807, 2.05) is 38.4 Å². The molecule has 0 fully saturated rings. The van der Waals surface area contributed by atoms with Crippen molar-refractivity contribution >= 4 is 5.78 Å². The maximum Gasteiger partial charge on any atom is 0.176 e. The highest BCUT2D eigenvalue weighted by molar-refractivity contribution is 5.97. The van der Waals surface area contributed by atoms with Crippen molar-refractivity contribution in [1.82, 2.24) is 10.2 Å². The third-order valence-corrected chi connectivity index (χ3v) is 4.24. The highest BCUT2D eigenvalue weighted by Crippen LogP contribution is 2.20. The number of nitrogens with one attached hydrogen (secondary N) is 1. The molecule has 0 aromatic heterocycles. The van der Waals surface area contributed by atoms with Gasteiger partial charge in [-0.25, -0.2) is 4.39 Å². The van der Waals surface area contributed by atoms with Crippen LogP contribution in [0.2, 0.25) is 0 Å². The molecule has 0 radical (unpaired) electrons. The fourth-order valence-corrected chi connectivity index (χ4v) is 2.62. The minimum Gasteiger partial charge on any atom is -0.497 e.